The van der Waals surface area contributed by atoms with Crippen LogP contribution in [0.2, 0.25) is 0 Å². The average molecular weight is 242 g/mol. The molecule has 6 nitrogen and oxygen atoms in total. The summed E-state index contributed by atoms with van der Waals surface area (Å²) in [6, 6.07) is 2.44. The van der Waals surface area contributed by atoms with Gasteiger partial charge >= 0.3 is 11.7 Å². The van der Waals surface area contributed by atoms with Crippen LogP contribution in [0.25, 0.3) is 0 Å². The lowest BCUT2D eigenvalue weighted by atomic mass is 10.1. The van der Waals surface area contributed by atoms with E-state index >= 15 is 0 Å². The van der Waals surface area contributed by atoms with Crippen molar-refractivity contribution in [3.8, 4) is 0 Å². The van der Waals surface area contributed by atoms with Gasteiger partial charge in [-0.25, -0.2) is 0 Å². The van der Waals surface area contributed by atoms with Crippen LogP contribution in [-0.2, 0) is 16.0 Å². The van der Waals surface area contributed by atoms with Crippen molar-refractivity contribution in [2.45, 2.75) is 12.5 Å². The predicted molar refractivity (Wildman–Crippen MR) is 56.7 cm³/mol. The number of nitro groups is 1. The summed E-state index contributed by atoms with van der Waals surface area (Å²) in [6.45, 7) is 0. The fourth-order valence-corrected chi connectivity index (χ4v) is 1.31. The first kappa shape index (κ1) is 13.0. The molecule has 0 aliphatic carbocycles. The smallest absolute Gasteiger partial charge is 0.322 e. The number of nitrogens with two attached hydrogens (primary N) is 1. The molecule has 0 saturated heterocycles. The molecule has 0 saturated carbocycles. The van der Waals surface area contributed by atoms with Gasteiger partial charge < -0.3 is 10.5 Å². The maximum Gasteiger partial charge on any atom is 0.322 e. The molecule has 0 unspecified atom stereocenters. The highest BCUT2D eigenvalue weighted by atomic mass is 19.1. The average Bonchev–Trinajstić information content (AvgIpc) is 2.30. The van der Waals surface area contributed by atoms with Crippen molar-refractivity contribution in [3.05, 3.63) is 39.7 Å². The van der Waals surface area contributed by atoms with Crippen LogP contribution in [0, 0.1) is 15.9 Å². The Labute approximate surface area is 96.3 Å². The van der Waals surface area contributed by atoms with E-state index in [1.165, 1.54) is 13.2 Å². The Hall–Kier alpha value is -2.02. The van der Waals surface area contributed by atoms with E-state index in [0.717, 1.165) is 12.1 Å². The fourth-order valence-electron chi connectivity index (χ4n) is 1.31. The number of carbonyl (C=O) groups is 1. The van der Waals surface area contributed by atoms with Gasteiger partial charge in [-0.05, 0) is 18.1 Å². The molecule has 17 heavy (non-hydrogen) atoms. The van der Waals surface area contributed by atoms with Gasteiger partial charge in [-0.3, -0.25) is 14.9 Å². The summed E-state index contributed by atoms with van der Waals surface area (Å²) in [7, 11) is 1.19. The summed E-state index contributed by atoms with van der Waals surface area (Å²) < 4.78 is 17.4. The molecule has 92 valence electrons. The topological polar surface area (TPSA) is 95.5 Å². The van der Waals surface area contributed by atoms with Crippen molar-refractivity contribution in [1.82, 2.24) is 0 Å². The highest BCUT2D eigenvalue weighted by Gasteiger charge is 2.18. The Morgan fingerprint density at radius 2 is 2.29 bits per heavy atom. The number of nitro benzene ring substituents is 1. The summed E-state index contributed by atoms with van der Waals surface area (Å²) in [5, 5.41) is 10.5. The number of nitrogens with zero attached hydrogens (tertiary/aromatic N) is 1. The molecular weight excluding hydrogens is 231 g/mol. The molecular formula is C10H11FN2O4. The number of rotatable bonds is 4. The molecule has 0 radical (unpaired) electrons. The van der Waals surface area contributed by atoms with Gasteiger partial charge in [0.15, 0.2) is 0 Å². The second kappa shape index (κ2) is 5.35. The molecule has 7 heteroatoms. The Morgan fingerprint density at radius 3 is 2.82 bits per heavy atom. The van der Waals surface area contributed by atoms with E-state index in [0.29, 0.717) is 5.56 Å². The minimum atomic E-state index is -0.926. The van der Waals surface area contributed by atoms with E-state index in [4.69, 9.17) is 5.73 Å². The van der Waals surface area contributed by atoms with Crippen LogP contribution in [0.15, 0.2) is 18.2 Å². The minimum absolute atomic E-state index is 0.0494. The third-order valence-electron chi connectivity index (χ3n) is 2.17. The van der Waals surface area contributed by atoms with Crippen molar-refractivity contribution in [2.75, 3.05) is 7.11 Å². The monoisotopic (exact) mass is 242 g/mol. The van der Waals surface area contributed by atoms with Gasteiger partial charge in [0.25, 0.3) is 0 Å². The summed E-state index contributed by atoms with van der Waals surface area (Å²) in [5.41, 5.74) is 5.25. The zero-order valence-electron chi connectivity index (χ0n) is 9.05. The molecule has 1 aromatic rings. The molecule has 0 aliphatic rings. The summed E-state index contributed by atoms with van der Waals surface area (Å²) in [6.07, 6.45) is 0.0494. The number of methoxy groups -OCH3 is 1. The first-order valence-electron chi connectivity index (χ1n) is 4.72. The largest absolute Gasteiger partial charge is 0.468 e. The van der Waals surface area contributed by atoms with Crippen molar-refractivity contribution in [1.29, 1.82) is 0 Å². The molecule has 0 bridgehead atoms. The number of ether oxygens (including phenoxy) is 1. The summed E-state index contributed by atoms with van der Waals surface area (Å²) in [4.78, 5) is 20.7. The van der Waals surface area contributed by atoms with Gasteiger partial charge in [-0.1, -0.05) is 6.07 Å². The quantitative estimate of drug-likeness (QED) is 0.478. The Kier molecular flexibility index (Phi) is 4.11. The van der Waals surface area contributed by atoms with Crippen LogP contribution in [0.1, 0.15) is 5.56 Å². The number of hydrogen-bond donors (Lipinski definition) is 1. The molecule has 1 rings (SSSR count). The van der Waals surface area contributed by atoms with E-state index in [-0.39, 0.29) is 6.42 Å². The number of benzene rings is 1. The van der Waals surface area contributed by atoms with E-state index in [9.17, 15) is 19.3 Å². The van der Waals surface area contributed by atoms with Crippen molar-refractivity contribution in [3.63, 3.8) is 0 Å². The van der Waals surface area contributed by atoms with E-state index in [2.05, 4.69) is 4.74 Å². The van der Waals surface area contributed by atoms with Gasteiger partial charge in [0.05, 0.1) is 12.0 Å². The second-order valence-corrected chi connectivity index (χ2v) is 3.38. The first-order chi connectivity index (χ1) is 7.95. The third kappa shape index (κ3) is 3.22. The van der Waals surface area contributed by atoms with Gasteiger partial charge in [-0.15, -0.1) is 0 Å². The molecule has 0 fully saturated rings. The fraction of sp³-hybridized carbons (Fsp3) is 0.300. The summed E-state index contributed by atoms with van der Waals surface area (Å²) in [5.74, 6) is -1.55. The van der Waals surface area contributed by atoms with Crippen molar-refractivity contribution < 1.29 is 18.8 Å². The lowest BCUT2D eigenvalue weighted by molar-refractivity contribution is -0.387. The maximum absolute atomic E-state index is 13.0. The van der Waals surface area contributed by atoms with Crippen LogP contribution in [0.4, 0.5) is 10.1 Å². The standard InChI is InChI=1S/C10H11FN2O4/c1-17-10(14)8(12)4-6-2-3-7(11)9(5-6)13(15)16/h2-3,5,8H,4,12H2,1H3/t8-/m0/s1. The lowest BCUT2D eigenvalue weighted by Gasteiger charge is -2.08. The van der Waals surface area contributed by atoms with E-state index in [1.807, 2.05) is 0 Å². The predicted octanol–water partition coefficient (Wildman–Crippen LogP) is 0.777. The van der Waals surface area contributed by atoms with Crippen LogP contribution in [0.5, 0.6) is 0 Å². The van der Waals surface area contributed by atoms with Gasteiger partial charge in [-0.2, -0.15) is 4.39 Å². The third-order valence-corrected chi connectivity index (χ3v) is 2.17. The number of carbonyl (C=O) groups excluding carboxylic acids is 1. The first-order valence-corrected chi connectivity index (χ1v) is 4.72. The van der Waals surface area contributed by atoms with Crippen LogP contribution >= 0.6 is 0 Å². The molecule has 0 aromatic heterocycles. The van der Waals surface area contributed by atoms with Crippen molar-refractivity contribution >= 4 is 11.7 Å². The Morgan fingerprint density at radius 1 is 1.65 bits per heavy atom. The Bertz CT molecular complexity index is 450. The van der Waals surface area contributed by atoms with Gasteiger partial charge in [0.2, 0.25) is 5.82 Å². The minimum Gasteiger partial charge on any atom is -0.468 e. The molecule has 2 N–H and O–H groups in total. The van der Waals surface area contributed by atoms with Gasteiger partial charge in [0, 0.05) is 6.07 Å². The molecule has 1 atom stereocenters. The number of hydrogen-bond acceptors (Lipinski definition) is 5. The normalized spacial score (nSPS) is 11.9. The highest BCUT2D eigenvalue weighted by Crippen LogP contribution is 2.19. The SMILES string of the molecule is COC(=O)[C@@H](N)Cc1ccc(F)c([N+](=O)[O-])c1. The number of esters is 1. The molecule has 0 aliphatic heterocycles. The van der Waals surface area contributed by atoms with Crippen LogP contribution in [0.3, 0.4) is 0 Å². The molecule has 0 heterocycles. The van der Waals surface area contributed by atoms with Crippen molar-refractivity contribution in [2.24, 2.45) is 5.73 Å². The lowest BCUT2D eigenvalue weighted by Crippen LogP contribution is -2.33. The molecule has 0 amide bonds. The molecule has 0 spiro atoms. The van der Waals surface area contributed by atoms with E-state index < -0.39 is 28.4 Å². The van der Waals surface area contributed by atoms with E-state index in [1.54, 1.807) is 0 Å². The maximum atomic E-state index is 13.0. The van der Waals surface area contributed by atoms with Crippen LogP contribution in [-0.4, -0.2) is 24.0 Å². The molecule has 1 aromatic carbocycles. The highest BCUT2D eigenvalue weighted by molar-refractivity contribution is 5.75. The zero-order chi connectivity index (χ0) is 13.0. The zero-order valence-corrected chi connectivity index (χ0v) is 9.05. The Balaban J connectivity index is 2.90. The number of halogens is 1. The second-order valence-electron chi connectivity index (χ2n) is 3.38. The summed E-state index contributed by atoms with van der Waals surface area (Å²) >= 11 is 0. The van der Waals surface area contributed by atoms with Crippen LogP contribution < -0.4 is 5.73 Å². The van der Waals surface area contributed by atoms with Gasteiger partial charge in [0.1, 0.15) is 6.04 Å².